The number of rotatable bonds is 3. The molecular formula is C11H16N2O2. The topological polar surface area (TPSA) is 55.1 Å². The SMILES string of the molecule is Cc1nn(C(C(=O)O)C2CC2)c(C)c1C. The van der Waals surface area contributed by atoms with Gasteiger partial charge in [-0.05, 0) is 45.1 Å². The van der Waals surface area contributed by atoms with Crippen molar-refractivity contribution < 1.29 is 9.90 Å². The van der Waals surface area contributed by atoms with Crippen molar-refractivity contribution in [3.8, 4) is 0 Å². The summed E-state index contributed by atoms with van der Waals surface area (Å²) in [6, 6.07) is -0.461. The highest BCUT2D eigenvalue weighted by Crippen LogP contribution is 2.40. The molecule has 4 heteroatoms. The third-order valence-corrected chi connectivity index (χ3v) is 3.27. The van der Waals surface area contributed by atoms with Crippen molar-refractivity contribution in [2.45, 2.75) is 39.7 Å². The van der Waals surface area contributed by atoms with Gasteiger partial charge in [-0.3, -0.25) is 4.68 Å². The average molecular weight is 208 g/mol. The second-order valence-corrected chi connectivity index (χ2v) is 4.36. The Bertz CT molecular complexity index is 405. The lowest BCUT2D eigenvalue weighted by Crippen LogP contribution is -2.23. The van der Waals surface area contributed by atoms with Gasteiger partial charge in [-0.25, -0.2) is 4.79 Å². The Kier molecular flexibility index (Phi) is 2.29. The van der Waals surface area contributed by atoms with Crippen LogP contribution in [0.1, 0.15) is 35.8 Å². The highest BCUT2D eigenvalue weighted by Gasteiger charge is 2.39. The van der Waals surface area contributed by atoms with E-state index in [4.69, 9.17) is 0 Å². The van der Waals surface area contributed by atoms with Crippen molar-refractivity contribution in [2.24, 2.45) is 5.92 Å². The number of nitrogens with zero attached hydrogens (tertiary/aromatic N) is 2. The third-order valence-electron chi connectivity index (χ3n) is 3.27. The van der Waals surface area contributed by atoms with Gasteiger partial charge in [0.2, 0.25) is 0 Å². The number of carboxylic acid groups (broad SMARTS) is 1. The van der Waals surface area contributed by atoms with Gasteiger partial charge in [-0.2, -0.15) is 5.10 Å². The van der Waals surface area contributed by atoms with Crippen molar-refractivity contribution in [1.29, 1.82) is 0 Å². The van der Waals surface area contributed by atoms with Crippen LogP contribution in [0.4, 0.5) is 0 Å². The summed E-state index contributed by atoms with van der Waals surface area (Å²) in [7, 11) is 0. The molecule has 0 amide bonds. The van der Waals surface area contributed by atoms with E-state index in [1.165, 1.54) is 0 Å². The molecule has 4 nitrogen and oxygen atoms in total. The fourth-order valence-corrected chi connectivity index (χ4v) is 1.93. The molecule has 1 aromatic rings. The molecule has 1 aliphatic carbocycles. The van der Waals surface area contributed by atoms with E-state index >= 15 is 0 Å². The minimum atomic E-state index is -0.761. The molecule has 1 aromatic heterocycles. The molecular weight excluding hydrogens is 192 g/mol. The summed E-state index contributed by atoms with van der Waals surface area (Å²) in [5.41, 5.74) is 3.01. The molecule has 0 spiro atoms. The summed E-state index contributed by atoms with van der Waals surface area (Å²) >= 11 is 0. The normalized spacial score (nSPS) is 17.8. The Morgan fingerprint density at radius 3 is 2.40 bits per heavy atom. The third kappa shape index (κ3) is 1.64. The molecule has 1 atom stereocenters. The van der Waals surface area contributed by atoms with E-state index in [9.17, 15) is 9.90 Å². The highest BCUT2D eigenvalue weighted by molar-refractivity contribution is 5.72. The maximum Gasteiger partial charge on any atom is 0.328 e. The Morgan fingerprint density at radius 1 is 1.47 bits per heavy atom. The highest BCUT2D eigenvalue weighted by atomic mass is 16.4. The molecule has 1 unspecified atom stereocenters. The number of aryl methyl sites for hydroxylation is 1. The van der Waals surface area contributed by atoms with Crippen molar-refractivity contribution in [1.82, 2.24) is 9.78 Å². The van der Waals surface area contributed by atoms with Crippen LogP contribution in [0.15, 0.2) is 0 Å². The molecule has 0 aromatic carbocycles. The lowest BCUT2D eigenvalue weighted by Gasteiger charge is -2.13. The lowest BCUT2D eigenvalue weighted by molar-refractivity contribution is -0.142. The summed E-state index contributed by atoms with van der Waals surface area (Å²) < 4.78 is 1.69. The van der Waals surface area contributed by atoms with Crippen LogP contribution >= 0.6 is 0 Å². The second kappa shape index (κ2) is 3.36. The first-order valence-electron chi connectivity index (χ1n) is 5.27. The molecule has 1 saturated carbocycles. The number of hydrogen-bond acceptors (Lipinski definition) is 2. The Balaban J connectivity index is 2.41. The zero-order chi connectivity index (χ0) is 11.2. The maximum atomic E-state index is 11.2. The largest absolute Gasteiger partial charge is 0.480 e. The van der Waals surface area contributed by atoms with E-state index in [1.54, 1.807) is 4.68 Å². The van der Waals surface area contributed by atoms with E-state index in [0.717, 1.165) is 29.8 Å². The van der Waals surface area contributed by atoms with Gasteiger partial charge in [0.15, 0.2) is 6.04 Å². The van der Waals surface area contributed by atoms with Gasteiger partial charge >= 0.3 is 5.97 Å². The molecule has 0 bridgehead atoms. The molecule has 15 heavy (non-hydrogen) atoms. The predicted octanol–water partition coefficient (Wildman–Crippen LogP) is 1.84. The van der Waals surface area contributed by atoms with Crippen LogP contribution in [-0.2, 0) is 4.79 Å². The van der Waals surface area contributed by atoms with Crippen molar-refractivity contribution in [3.05, 3.63) is 17.0 Å². The van der Waals surface area contributed by atoms with Crippen molar-refractivity contribution in [2.75, 3.05) is 0 Å². The minimum absolute atomic E-state index is 0.278. The molecule has 0 aliphatic heterocycles. The molecule has 0 saturated heterocycles. The average Bonchev–Trinajstić information content (AvgIpc) is 2.93. The Hall–Kier alpha value is -1.32. The standard InChI is InChI=1S/C11H16N2O2/c1-6-7(2)12-13(8(6)3)10(11(14)15)9-4-5-9/h9-10H,4-5H2,1-3H3,(H,14,15). The van der Waals surface area contributed by atoms with Crippen LogP contribution in [-0.4, -0.2) is 20.9 Å². The van der Waals surface area contributed by atoms with Crippen LogP contribution in [0, 0.1) is 26.7 Å². The zero-order valence-corrected chi connectivity index (χ0v) is 9.32. The zero-order valence-electron chi connectivity index (χ0n) is 9.32. The molecule has 1 fully saturated rings. The molecule has 82 valence electrons. The van der Waals surface area contributed by atoms with E-state index in [1.807, 2.05) is 20.8 Å². The summed E-state index contributed by atoms with van der Waals surface area (Å²) in [5.74, 6) is -0.483. The smallest absolute Gasteiger partial charge is 0.328 e. The van der Waals surface area contributed by atoms with Gasteiger partial charge in [0.1, 0.15) is 0 Å². The summed E-state index contributed by atoms with van der Waals surface area (Å²) in [4.78, 5) is 11.2. The number of aromatic nitrogens is 2. The number of carboxylic acids is 1. The monoisotopic (exact) mass is 208 g/mol. The van der Waals surface area contributed by atoms with E-state index in [0.29, 0.717) is 0 Å². The summed E-state index contributed by atoms with van der Waals surface area (Å²) in [6.45, 7) is 5.85. The van der Waals surface area contributed by atoms with Crippen LogP contribution in [0.5, 0.6) is 0 Å². The number of hydrogen-bond donors (Lipinski definition) is 1. The maximum absolute atomic E-state index is 11.2. The van der Waals surface area contributed by atoms with Gasteiger partial charge in [-0.15, -0.1) is 0 Å². The van der Waals surface area contributed by atoms with Crippen LogP contribution < -0.4 is 0 Å². The first kappa shape index (κ1) is 10.2. The van der Waals surface area contributed by atoms with Gasteiger partial charge < -0.3 is 5.11 Å². The molecule has 1 heterocycles. The molecule has 1 N–H and O–H groups in total. The Labute approximate surface area is 88.9 Å². The van der Waals surface area contributed by atoms with Crippen LogP contribution in [0.25, 0.3) is 0 Å². The van der Waals surface area contributed by atoms with E-state index in [2.05, 4.69) is 5.10 Å². The number of carbonyl (C=O) groups is 1. The van der Waals surface area contributed by atoms with Gasteiger partial charge in [0.05, 0.1) is 5.69 Å². The predicted molar refractivity (Wildman–Crippen MR) is 55.8 cm³/mol. The quantitative estimate of drug-likeness (QED) is 0.824. The number of aliphatic carboxylic acids is 1. The fourth-order valence-electron chi connectivity index (χ4n) is 1.93. The van der Waals surface area contributed by atoms with E-state index < -0.39 is 12.0 Å². The minimum Gasteiger partial charge on any atom is -0.480 e. The molecule has 0 radical (unpaired) electrons. The van der Waals surface area contributed by atoms with Crippen LogP contribution in [0.2, 0.25) is 0 Å². The van der Waals surface area contributed by atoms with Gasteiger partial charge in [0, 0.05) is 5.69 Å². The lowest BCUT2D eigenvalue weighted by atomic mass is 10.1. The molecule has 1 aliphatic rings. The van der Waals surface area contributed by atoms with Crippen LogP contribution in [0.3, 0.4) is 0 Å². The van der Waals surface area contributed by atoms with Gasteiger partial charge in [0.25, 0.3) is 0 Å². The van der Waals surface area contributed by atoms with Crippen molar-refractivity contribution >= 4 is 5.97 Å². The Morgan fingerprint density at radius 2 is 2.07 bits per heavy atom. The first-order chi connectivity index (χ1) is 7.02. The second-order valence-electron chi connectivity index (χ2n) is 4.36. The van der Waals surface area contributed by atoms with Gasteiger partial charge in [-0.1, -0.05) is 0 Å². The fraction of sp³-hybridized carbons (Fsp3) is 0.636. The first-order valence-corrected chi connectivity index (χ1v) is 5.27. The summed E-state index contributed by atoms with van der Waals surface area (Å²) in [5, 5.41) is 13.5. The van der Waals surface area contributed by atoms with E-state index in [-0.39, 0.29) is 5.92 Å². The molecule has 2 rings (SSSR count). The summed E-state index contributed by atoms with van der Waals surface area (Å²) in [6.07, 6.45) is 2.02. The van der Waals surface area contributed by atoms with Crippen molar-refractivity contribution in [3.63, 3.8) is 0 Å².